The van der Waals surface area contributed by atoms with Crippen LogP contribution in [0.1, 0.15) is 5.56 Å². The molecule has 0 unspecified atom stereocenters. The Hall–Kier alpha value is -2.58. The molecular formula is C16H15NO4. The lowest BCUT2D eigenvalue weighted by Gasteiger charge is -2.13. The van der Waals surface area contributed by atoms with Crippen LogP contribution >= 0.6 is 0 Å². The van der Waals surface area contributed by atoms with E-state index in [0.717, 1.165) is 0 Å². The lowest BCUT2D eigenvalue weighted by molar-refractivity contribution is -0.136. The van der Waals surface area contributed by atoms with Crippen LogP contribution in [0.15, 0.2) is 29.8 Å². The Kier molecular flexibility index (Phi) is 4.41. The van der Waals surface area contributed by atoms with Gasteiger partial charge in [-0.15, -0.1) is 6.42 Å². The van der Waals surface area contributed by atoms with Crippen molar-refractivity contribution in [3.05, 3.63) is 35.4 Å². The van der Waals surface area contributed by atoms with Gasteiger partial charge in [0.15, 0.2) is 0 Å². The minimum atomic E-state index is -0.586. The molecular weight excluding hydrogens is 270 g/mol. The van der Waals surface area contributed by atoms with Crippen molar-refractivity contribution in [3.8, 4) is 12.3 Å². The van der Waals surface area contributed by atoms with Gasteiger partial charge in [-0.2, -0.15) is 0 Å². The lowest BCUT2D eigenvalue weighted by Crippen LogP contribution is -2.28. The van der Waals surface area contributed by atoms with Crippen molar-refractivity contribution < 1.29 is 19.1 Å². The summed E-state index contributed by atoms with van der Waals surface area (Å²) in [6.07, 6.45) is 5.32. The van der Waals surface area contributed by atoms with Crippen LogP contribution in [0.5, 0.6) is 0 Å². The third kappa shape index (κ3) is 2.54. The fourth-order valence-electron chi connectivity index (χ4n) is 2.32. The van der Waals surface area contributed by atoms with Gasteiger partial charge in [0.2, 0.25) is 0 Å². The number of hydrogen-bond acceptors (Lipinski definition) is 4. The van der Waals surface area contributed by atoms with Crippen molar-refractivity contribution in [2.45, 2.75) is 0 Å². The van der Waals surface area contributed by atoms with Crippen LogP contribution in [-0.4, -0.2) is 39.2 Å². The van der Waals surface area contributed by atoms with Gasteiger partial charge in [-0.05, 0) is 6.07 Å². The average molecular weight is 285 g/mol. The minimum Gasteiger partial charge on any atom is -0.466 e. The van der Waals surface area contributed by atoms with E-state index in [1.807, 2.05) is 6.07 Å². The number of carbonyl (C=O) groups excluding carboxylic acids is 2. The number of methoxy groups -OCH3 is 2. The second-order valence-corrected chi connectivity index (χ2v) is 4.39. The maximum Gasteiger partial charge on any atom is 0.336 e. The van der Waals surface area contributed by atoms with Crippen LogP contribution in [0.3, 0.4) is 0 Å². The highest BCUT2D eigenvalue weighted by Gasteiger charge is 2.35. The average Bonchev–Trinajstić information content (AvgIpc) is 2.77. The number of esters is 1. The number of fused-ring (bicyclic) bond motifs is 1. The van der Waals surface area contributed by atoms with Crippen molar-refractivity contribution in [2.75, 3.05) is 32.3 Å². The van der Waals surface area contributed by atoms with E-state index >= 15 is 0 Å². The molecule has 1 aliphatic rings. The normalized spacial score (nSPS) is 15.5. The summed E-state index contributed by atoms with van der Waals surface area (Å²) in [6.45, 7) is 0.132. The highest BCUT2D eigenvalue weighted by atomic mass is 16.5. The van der Waals surface area contributed by atoms with E-state index in [1.54, 1.807) is 18.2 Å². The zero-order chi connectivity index (χ0) is 15.4. The molecule has 1 aromatic rings. The zero-order valence-electron chi connectivity index (χ0n) is 11.9. The molecule has 0 saturated heterocycles. The number of anilines is 1. The summed E-state index contributed by atoms with van der Waals surface area (Å²) >= 11 is 0. The van der Waals surface area contributed by atoms with Gasteiger partial charge >= 0.3 is 5.97 Å². The molecule has 2 rings (SSSR count). The molecule has 5 heteroatoms. The smallest absolute Gasteiger partial charge is 0.336 e. The number of benzene rings is 1. The third-order valence-electron chi connectivity index (χ3n) is 3.19. The second-order valence-electron chi connectivity index (χ2n) is 4.39. The molecule has 0 aliphatic carbocycles. The molecule has 0 atom stereocenters. The lowest BCUT2D eigenvalue weighted by atomic mass is 10.0. The first-order valence-electron chi connectivity index (χ1n) is 6.30. The Labute approximate surface area is 123 Å². The predicted octanol–water partition coefficient (Wildman–Crippen LogP) is 1.24. The number of carbonyl (C=O) groups is 2. The van der Waals surface area contributed by atoms with Gasteiger partial charge in [0.05, 0.1) is 37.1 Å². The van der Waals surface area contributed by atoms with Crippen molar-refractivity contribution in [1.29, 1.82) is 0 Å². The second kappa shape index (κ2) is 6.25. The van der Waals surface area contributed by atoms with Crippen LogP contribution in [0.4, 0.5) is 5.69 Å². The van der Waals surface area contributed by atoms with Gasteiger partial charge in [-0.1, -0.05) is 24.1 Å². The van der Waals surface area contributed by atoms with Crippen LogP contribution in [-0.2, 0) is 19.1 Å². The summed E-state index contributed by atoms with van der Waals surface area (Å²) in [6, 6.07) is 7.18. The third-order valence-corrected chi connectivity index (χ3v) is 3.19. The number of amides is 1. The van der Waals surface area contributed by atoms with Crippen LogP contribution in [0.25, 0.3) is 5.57 Å². The summed E-state index contributed by atoms with van der Waals surface area (Å²) < 4.78 is 9.78. The van der Waals surface area contributed by atoms with Crippen molar-refractivity contribution in [3.63, 3.8) is 0 Å². The molecule has 0 fully saturated rings. The summed E-state index contributed by atoms with van der Waals surface area (Å²) in [5.74, 6) is 1.55. The van der Waals surface area contributed by atoms with Gasteiger partial charge in [-0.3, -0.25) is 9.69 Å². The first kappa shape index (κ1) is 14.8. The molecule has 0 N–H and O–H groups in total. The van der Waals surface area contributed by atoms with E-state index in [9.17, 15) is 9.59 Å². The zero-order valence-corrected chi connectivity index (χ0v) is 11.9. The van der Waals surface area contributed by atoms with Crippen molar-refractivity contribution in [1.82, 2.24) is 0 Å². The van der Waals surface area contributed by atoms with E-state index in [4.69, 9.17) is 15.9 Å². The van der Waals surface area contributed by atoms with Crippen molar-refractivity contribution >= 4 is 23.1 Å². The van der Waals surface area contributed by atoms with E-state index in [-0.39, 0.29) is 30.2 Å². The number of terminal acetylenes is 1. The number of nitrogens with zero attached hydrogens (tertiary/aromatic N) is 1. The van der Waals surface area contributed by atoms with Gasteiger partial charge in [0.1, 0.15) is 0 Å². The molecule has 0 aromatic heterocycles. The standard InChI is InChI=1S/C16H15NO4/c1-4-9-17-13-8-6-5-7-11(13)14(15(17)18)12(10-20-2)16(19)21-3/h1,5-8H,9-10H2,2-3H3/b14-12-. The van der Waals surface area contributed by atoms with E-state index in [1.165, 1.54) is 19.1 Å². The molecule has 0 saturated carbocycles. The van der Waals surface area contributed by atoms with E-state index in [2.05, 4.69) is 5.92 Å². The Morgan fingerprint density at radius 3 is 2.67 bits per heavy atom. The van der Waals surface area contributed by atoms with Crippen LogP contribution in [0, 0.1) is 12.3 Å². The Bertz CT molecular complexity index is 654. The Morgan fingerprint density at radius 1 is 1.33 bits per heavy atom. The van der Waals surface area contributed by atoms with Crippen LogP contribution < -0.4 is 4.90 Å². The first-order valence-corrected chi connectivity index (χ1v) is 6.30. The molecule has 5 nitrogen and oxygen atoms in total. The molecule has 1 aliphatic heterocycles. The molecule has 108 valence electrons. The van der Waals surface area contributed by atoms with Crippen LogP contribution in [0.2, 0.25) is 0 Å². The fraction of sp³-hybridized carbons (Fsp3) is 0.250. The quantitative estimate of drug-likeness (QED) is 0.474. The van der Waals surface area contributed by atoms with Gasteiger partial charge in [0.25, 0.3) is 5.91 Å². The summed E-state index contributed by atoms with van der Waals surface area (Å²) in [7, 11) is 2.72. The molecule has 0 spiro atoms. The molecule has 0 radical (unpaired) electrons. The summed E-state index contributed by atoms with van der Waals surface area (Å²) in [4.78, 5) is 26.0. The molecule has 0 bridgehead atoms. The predicted molar refractivity (Wildman–Crippen MR) is 78.4 cm³/mol. The SMILES string of the molecule is C#CCN1C(=O)/C(=C(/COC)C(=O)OC)c2ccccc21. The topological polar surface area (TPSA) is 55.8 Å². The summed E-state index contributed by atoms with van der Waals surface area (Å²) in [5, 5.41) is 0. The molecule has 1 heterocycles. The molecule has 21 heavy (non-hydrogen) atoms. The van der Waals surface area contributed by atoms with Gasteiger partial charge in [0, 0.05) is 12.7 Å². The highest BCUT2D eigenvalue weighted by molar-refractivity contribution is 6.36. The fourth-order valence-corrected chi connectivity index (χ4v) is 2.32. The van der Waals surface area contributed by atoms with Crippen molar-refractivity contribution in [2.24, 2.45) is 0 Å². The molecule has 1 aromatic carbocycles. The van der Waals surface area contributed by atoms with E-state index in [0.29, 0.717) is 11.3 Å². The Balaban J connectivity index is 2.65. The summed E-state index contributed by atoms with van der Waals surface area (Å²) in [5.41, 5.74) is 1.83. The minimum absolute atomic E-state index is 0.00796. The Morgan fingerprint density at radius 2 is 2.05 bits per heavy atom. The van der Waals surface area contributed by atoms with Gasteiger partial charge in [-0.25, -0.2) is 4.79 Å². The highest BCUT2D eigenvalue weighted by Crippen LogP contribution is 2.38. The monoisotopic (exact) mass is 285 g/mol. The largest absolute Gasteiger partial charge is 0.466 e. The maximum atomic E-state index is 12.6. The molecule has 1 amide bonds. The number of hydrogen-bond donors (Lipinski definition) is 0. The van der Waals surface area contributed by atoms with Gasteiger partial charge < -0.3 is 9.47 Å². The van der Waals surface area contributed by atoms with E-state index < -0.39 is 5.97 Å². The first-order chi connectivity index (χ1) is 10.2. The number of rotatable bonds is 4. The maximum absolute atomic E-state index is 12.6. The number of para-hydroxylation sites is 1. The number of ether oxygens (including phenoxy) is 2.